The largest absolute Gasteiger partial charge is 0.328 e. The number of sulfonamides is 1. The standard InChI is InChI=1S/C12H11N3O5S/c1-8-2-3-9(15(17)18)6-11(8)14-21(19,20)10-4-5-12(16)13-7-10/h2-7,14H,1H3,(H,13,16). The van der Waals surface area contributed by atoms with Crippen molar-refractivity contribution in [3.63, 3.8) is 0 Å². The van der Waals surface area contributed by atoms with Crippen LogP contribution in [0.4, 0.5) is 11.4 Å². The van der Waals surface area contributed by atoms with Crippen LogP contribution >= 0.6 is 0 Å². The van der Waals surface area contributed by atoms with Crippen molar-refractivity contribution in [1.82, 2.24) is 4.98 Å². The molecule has 1 aromatic heterocycles. The molecule has 9 heteroatoms. The van der Waals surface area contributed by atoms with Gasteiger partial charge in [-0.25, -0.2) is 8.42 Å². The van der Waals surface area contributed by atoms with Gasteiger partial charge in [-0.05, 0) is 18.6 Å². The molecule has 2 rings (SSSR count). The maximum absolute atomic E-state index is 12.1. The molecule has 0 atom stereocenters. The molecule has 0 aliphatic heterocycles. The molecular formula is C12H11N3O5S. The number of rotatable bonds is 4. The first-order valence-electron chi connectivity index (χ1n) is 5.76. The van der Waals surface area contributed by atoms with E-state index in [-0.39, 0.29) is 16.3 Å². The third kappa shape index (κ3) is 3.26. The highest BCUT2D eigenvalue weighted by molar-refractivity contribution is 7.92. The van der Waals surface area contributed by atoms with Crippen LogP contribution < -0.4 is 10.3 Å². The quantitative estimate of drug-likeness (QED) is 0.652. The Labute approximate surface area is 119 Å². The van der Waals surface area contributed by atoms with E-state index in [4.69, 9.17) is 0 Å². The molecule has 110 valence electrons. The Morgan fingerprint density at radius 1 is 1.24 bits per heavy atom. The molecule has 21 heavy (non-hydrogen) atoms. The van der Waals surface area contributed by atoms with Gasteiger partial charge in [-0.15, -0.1) is 0 Å². The number of nitro benzene ring substituents is 1. The van der Waals surface area contributed by atoms with Crippen LogP contribution in [0.3, 0.4) is 0 Å². The van der Waals surface area contributed by atoms with E-state index in [0.717, 1.165) is 24.4 Å². The van der Waals surface area contributed by atoms with Gasteiger partial charge in [-0.2, -0.15) is 0 Å². The summed E-state index contributed by atoms with van der Waals surface area (Å²) in [5.74, 6) is 0. The summed E-state index contributed by atoms with van der Waals surface area (Å²) in [5.41, 5.74) is -0.00996. The molecule has 0 saturated carbocycles. The van der Waals surface area contributed by atoms with Crippen LogP contribution in [0.1, 0.15) is 5.56 Å². The van der Waals surface area contributed by atoms with E-state index in [9.17, 15) is 23.3 Å². The van der Waals surface area contributed by atoms with E-state index in [2.05, 4.69) is 9.71 Å². The van der Waals surface area contributed by atoms with Gasteiger partial charge in [-0.3, -0.25) is 19.6 Å². The lowest BCUT2D eigenvalue weighted by Gasteiger charge is -2.10. The Balaban J connectivity index is 2.41. The zero-order valence-electron chi connectivity index (χ0n) is 10.9. The van der Waals surface area contributed by atoms with Crippen molar-refractivity contribution >= 4 is 21.4 Å². The van der Waals surface area contributed by atoms with Crippen molar-refractivity contribution in [2.75, 3.05) is 4.72 Å². The number of hydrogen-bond donors (Lipinski definition) is 2. The average molecular weight is 309 g/mol. The zero-order chi connectivity index (χ0) is 15.6. The number of nitrogens with zero attached hydrogens (tertiary/aromatic N) is 1. The van der Waals surface area contributed by atoms with E-state index in [1.165, 1.54) is 12.1 Å². The van der Waals surface area contributed by atoms with E-state index in [0.29, 0.717) is 5.56 Å². The lowest BCUT2D eigenvalue weighted by Crippen LogP contribution is -2.16. The van der Waals surface area contributed by atoms with Gasteiger partial charge in [0.2, 0.25) is 5.56 Å². The first-order valence-corrected chi connectivity index (χ1v) is 7.24. The minimum atomic E-state index is -3.94. The lowest BCUT2D eigenvalue weighted by molar-refractivity contribution is -0.384. The number of anilines is 1. The van der Waals surface area contributed by atoms with E-state index in [1.54, 1.807) is 6.92 Å². The summed E-state index contributed by atoms with van der Waals surface area (Å²) < 4.78 is 26.5. The number of nitrogens with one attached hydrogen (secondary N) is 2. The number of non-ortho nitro benzene ring substituents is 1. The van der Waals surface area contributed by atoms with Crippen LogP contribution in [-0.2, 0) is 10.0 Å². The van der Waals surface area contributed by atoms with Crippen molar-refractivity contribution in [3.05, 3.63) is 62.6 Å². The predicted molar refractivity (Wildman–Crippen MR) is 75.7 cm³/mol. The molecule has 0 bridgehead atoms. The molecule has 0 aliphatic rings. The molecule has 1 heterocycles. The summed E-state index contributed by atoms with van der Waals surface area (Å²) in [6.45, 7) is 1.62. The van der Waals surface area contributed by atoms with Crippen molar-refractivity contribution in [3.8, 4) is 0 Å². The Hall–Kier alpha value is -2.68. The summed E-state index contributed by atoms with van der Waals surface area (Å²) in [4.78, 5) is 23.2. The first kappa shape index (κ1) is 14.7. The van der Waals surface area contributed by atoms with Crippen molar-refractivity contribution in [1.29, 1.82) is 0 Å². The van der Waals surface area contributed by atoms with Crippen LogP contribution in [-0.4, -0.2) is 18.3 Å². The Kier molecular flexibility index (Phi) is 3.76. The van der Waals surface area contributed by atoms with Gasteiger partial charge in [0.15, 0.2) is 0 Å². The molecule has 0 spiro atoms. The van der Waals surface area contributed by atoms with Gasteiger partial charge < -0.3 is 4.98 Å². The van der Waals surface area contributed by atoms with Gasteiger partial charge in [0, 0.05) is 24.4 Å². The van der Waals surface area contributed by atoms with Crippen LogP contribution in [0.15, 0.2) is 46.2 Å². The van der Waals surface area contributed by atoms with E-state index in [1.807, 2.05) is 0 Å². The third-order valence-electron chi connectivity index (χ3n) is 2.74. The lowest BCUT2D eigenvalue weighted by atomic mass is 10.2. The summed E-state index contributed by atoms with van der Waals surface area (Å²) in [7, 11) is -3.94. The highest BCUT2D eigenvalue weighted by Crippen LogP contribution is 2.24. The van der Waals surface area contributed by atoms with Crippen molar-refractivity contribution < 1.29 is 13.3 Å². The minimum absolute atomic E-state index is 0.107. The monoisotopic (exact) mass is 309 g/mol. The topological polar surface area (TPSA) is 122 Å². The third-order valence-corrected chi connectivity index (χ3v) is 4.11. The van der Waals surface area contributed by atoms with Gasteiger partial charge in [0.1, 0.15) is 4.90 Å². The van der Waals surface area contributed by atoms with Gasteiger partial charge >= 0.3 is 0 Å². The van der Waals surface area contributed by atoms with E-state index < -0.39 is 20.5 Å². The first-order chi connectivity index (χ1) is 9.79. The molecule has 0 saturated heterocycles. The molecule has 1 aromatic carbocycles. The highest BCUT2D eigenvalue weighted by Gasteiger charge is 2.17. The number of hydrogen-bond acceptors (Lipinski definition) is 5. The molecule has 0 aliphatic carbocycles. The predicted octanol–water partition coefficient (Wildman–Crippen LogP) is 1.39. The van der Waals surface area contributed by atoms with Crippen LogP contribution in [0, 0.1) is 17.0 Å². The summed E-state index contributed by atoms with van der Waals surface area (Å²) >= 11 is 0. The molecule has 0 fully saturated rings. The van der Waals surface area contributed by atoms with E-state index >= 15 is 0 Å². The summed E-state index contributed by atoms with van der Waals surface area (Å²) in [6, 6.07) is 6.09. The van der Waals surface area contributed by atoms with Crippen LogP contribution in [0.25, 0.3) is 0 Å². The number of H-pyrrole nitrogens is 1. The second kappa shape index (κ2) is 5.37. The number of aromatic nitrogens is 1. The molecule has 2 aromatic rings. The molecular weight excluding hydrogens is 298 g/mol. The highest BCUT2D eigenvalue weighted by atomic mass is 32.2. The van der Waals surface area contributed by atoms with Crippen molar-refractivity contribution in [2.24, 2.45) is 0 Å². The van der Waals surface area contributed by atoms with Crippen molar-refractivity contribution in [2.45, 2.75) is 11.8 Å². The maximum atomic E-state index is 12.1. The van der Waals surface area contributed by atoms with Gasteiger partial charge in [0.25, 0.3) is 15.7 Å². The molecule has 0 unspecified atom stereocenters. The Bertz CT molecular complexity index is 837. The second-order valence-corrected chi connectivity index (χ2v) is 5.93. The Morgan fingerprint density at radius 2 is 1.95 bits per heavy atom. The van der Waals surface area contributed by atoms with Gasteiger partial charge in [0.05, 0.1) is 10.6 Å². The van der Waals surface area contributed by atoms with Crippen LogP contribution in [0.2, 0.25) is 0 Å². The fourth-order valence-electron chi connectivity index (χ4n) is 1.60. The smallest absolute Gasteiger partial charge is 0.271 e. The molecule has 2 N–H and O–H groups in total. The minimum Gasteiger partial charge on any atom is -0.328 e. The summed E-state index contributed by atoms with van der Waals surface area (Å²) in [5, 5.41) is 10.7. The number of aryl methyl sites for hydroxylation is 1. The number of nitro groups is 1. The summed E-state index contributed by atoms with van der Waals surface area (Å²) in [6.07, 6.45) is 1.05. The normalized spacial score (nSPS) is 11.1. The number of aromatic amines is 1. The van der Waals surface area contributed by atoms with Crippen LogP contribution in [0.5, 0.6) is 0 Å². The molecule has 0 amide bonds. The second-order valence-electron chi connectivity index (χ2n) is 4.25. The number of benzene rings is 1. The molecule has 8 nitrogen and oxygen atoms in total. The maximum Gasteiger partial charge on any atom is 0.271 e. The average Bonchev–Trinajstić information content (AvgIpc) is 2.41. The SMILES string of the molecule is Cc1ccc([N+](=O)[O-])cc1NS(=O)(=O)c1ccc(=O)[nH]c1. The number of pyridine rings is 1. The van der Waals surface area contributed by atoms with Gasteiger partial charge in [-0.1, -0.05) is 6.07 Å². The zero-order valence-corrected chi connectivity index (χ0v) is 11.7. The fraction of sp³-hybridized carbons (Fsp3) is 0.0833. The Morgan fingerprint density at radius 3 is 2.52 bits per heavy atom. The fourth-order valence-corrected chi connectivity index (χ4v) is 2.69. The molecule has 0 radical (unpaired) electrons.